The van der Waals surface area contributed by atoms with E-state index in [0.717, 1.165) is 0 Å². The molecule has 0 radical (unpaired) electrons. The van der Waals surface area contributed by atoms with Crippen LogP contribution >= 0.6 is 0 Å². The monoisotopic (exact) mass is 477 g/mol. The zero-order valence-electron chi connectivity index (χ0n) is 19.3. The Hall–Kier alpha value is -4.84. The second-order valence-electron chi connectivity index (χ2n) is 7.02. The average Bonchev–Trinajstić information content (AvgIpc) is 2.86. The van der Waals surface area contributed by atoms with Crippen LogP contribution < -0.4 is 31.3 Å². The third-order valence-corrected chi connectivity index (χ3v) is 4.60. The van der Waals surface area contributed by atoms with E-state index in [1.54, 1.807) is 49.6 Å². The van der Waals surface area contributed by atoms with Crippen molar-refractivity contribution in [3.63, 3.8) is 0 Å². The maximum Gasteiger partial charge on any atom is 0.321 e. The molecule has 0 saturated carbocycles. The van der Waals surface area contributed by atoms with Crippen LogP contribution in [0.4, 0.5) is 22.2 Å². The first-order valence-electron chi connectivity index (χ1n) is 10.5. The largest absolute Gasteiger partial charge is 0.437 e. The van der Waals surface area contributed by atoms with E-state index >= 15 is 0 Å². The zero-order valence-corrected chi connectivity index (χ0v) is 19.3. The van der Waals surface area contributed by atoms with Crippen LogP contribution in [0.1, 0.15) is 6.92 Å². The molecule has 3 aromatic rings. The molecule has 6 N–H and O–H groups in total. The van der Waals surface area contributed by atoms with Crippen molar-refractivity contribution in [2.45, 2.75) is 6.92 Å². The number of urea groups is 1. The first kappa shape index (κ1) is 24.8. The van der Waals surface area contributed by atoms with E-state index in [2.05, 4.69) is 36.2 Å². The second kappa shape index (κ2) is 11.9. The van der Waals surface area contributed by atoms with Gasteiger partial charge in [0.15, 0.2) is 5.57 Å². The first-order valence-corrected chi connectivity index (χ1v) is 10.5. The fourth-order valence-electron chi connectivity index (χ4n) is 2.76. The summed E-state index contributed by atoms with van der Waals surface area (Å²) in [7, 11) is 3.21. The molecule has 35 heavy (non-hydrogen) atoms. The number of carbonyl (C=O) groups is 3. The van der Waals surface area contributed by atoms with E-state index in [9.17, 15) is 14.4 Å². The Kier molecular flexibility index (Phi) is 8.40. The molecule has 0 atom stereocenters. The van der Waals surface area contributed by atoms with E-state index in [-0.39, 0.29) is 23.2 Å². The van der Waals surface area contributed by atoms with Crippen molar-refractivity contribution in [3.05, 3.63) is 72.2 Å². The van der Waals surface area contributed by atoms with Crippen LogP contribution in [0.2, 0.25) is 0 Å². The van der Waals surface area contributed by atoms with Crippen LogP contribution in [0.3, 0.4) is 0 Å². The standard InChI is InChI=1S/C23H24N8O4/c1-14(24-2)19(20(32)28-15-7-5-4-6-8-15)21(33)29-17-10-9-16(13-27-17)35-18-11-12-26-22(30-18)31-23(34)25-3/h4-13,24H,1-3H3,(H,28,32)(H,27,29,33)(H2,25,26,30,31,34)/p+1. The number of para-hydroxylation sites is 1. The van der Waals surface area contributed by atoms with Gasteiger partial charge < -0.3 is 26.0 Å². The molecule has 3 rings (SSSR count). The van der Waals surface area contributed by atoms with Gasteiger partial charge in [0.1, 0.15) is 17.3 Å². The predicted octanol–water partition coefficient (Wildman–Crippen LogP) is 1.46. The maximum absolute atomic E-state index is 12.9. The van der Waals surface area contributed by atoms with E-state index in [1.165, 1.54) is 31.6 Å². The molecule has 0 fully saturated rings. The lowest BCUT2D eigenvalue weighted by atomic mass is 10.1. The van der Waals surface area contributed by atoms with Crippen LogP contribution in [-0.4, -0.2) is 46.9 Å². The van der Waals surface area contributed by atoms with Gasteiger partial charge in [-0.3, -0.25) is 14.9 Å². The normalized spacial score (nSPS) is 11.1. The number of nitrogens with two attached hydrogens (primary N) is 1. The molecule has 1 aromatic carbocycles. The summed E-state index contributed by atoms with van der Waals surface area (Å²) < 4.78 is 5.63. The molecule has 0 bridgehead atoms. The summed E-state index contributed by atoms with van der Waals surface area (Å²) in [6.45, 7) is 1.68. The quantitative estimate of drug-likeness (QED) is 0.186. The molecular weight excluding hydrogens is 452 g/mol. The number of amides is 4. The fourth-order valence-corrected chi connectivity index (χ4v) is 2.76. The maximum atomic E-state index is 12.9. The van der Waals surface area contributed by atoms with Crippen molar-refractivity contribution in [3.8, 4) is 11.6 Å². The molecular formula is C23H25N8O4+. The topological polar surface area (TPSA) is 164 Å². The van der Waals surface area contributed by atoms with Crippen molar-refractivity contribution in [1.82, 2.24) is 20.3 Å². The highest BCUT2D eigenvalue weighted by Crippen LogP contribution is 2.20. The Morgan fingerprint density at radius 1 is 0.914 bits per heavy atom. The predicted molar refractivity (Wildman–Crippen MR) is 129 cm³/mol. The highest BCUT2D eigenvalue weighted by molar-refractivity contribution is 6.26. The number of nitrogens with one attached hydrogen (secondary N) is 4. The lowest BCUT2D eigenvalue weighted by Gasteiger charge is -2.11. The van der Waals surface area contributed by atoms with Crippen molar-refractivity contribution in [1.29, 1.82) is 0 Å². The molecule has 0 saturated heterocycles. The first-order chi connectivity index (χ1) is 16.9. The molecule has 0 aliphatic rings. The van der Waals surface area contributed by atoms with Crippen LogP contribution in [0.25, 0.3) is 0 Å². The van der Waals surface area contributed by atoms with Gasteiger partial charge in [-0.05, 0) is 24.3 Å². The van der Waals surface area contributed by atoms with Gasteiger partial charge in [-0.25, -0.2) is 14.8 Å². The van der Waals surface area contributed by atoms with Gasteiger partial charge in [0, 0.05) is 31.9 Å². The minimum Gasteiger partial charge on any atom is -0.437 e. The summed E-state index contributed by atoms with van der Waals surface area (Å²) in [5.41, 5.74) is 1.06. The van der Waals surface area contributed by atoms with E-state index < -0.39 is 17.8 Å². The number of hydrogen-bond acceptors (Lipinski definition) is 7. The van der Waals surface area contributed by atoms with Crippen molar-refractivity contribution in [2.24, 2.45) is 0 Å². The molecule has 12 heteroatoms. The summed E-state index contributed by atoms with van der Waals surface area (Å²) in [5.74, 6) is -0.328. The molecule has 0 aliphatic heterocycles. The fraction of sp³-hybridized carbons (Fsp3) is 0.130. The lowest BCUT2D eigenvalue weighted by molar-refractivity contribution is -0.576. The van der Waals surface area contributed by atoms with Crippen LogP contribution in [-0.2, 0) is 9.59 Å². The minimum absolute atomic E-state index is 0.0318. The summed E-state index contributed by atoms with van der Waals surface area (Å²) >= 11 is 0. The molecule has 2 heterocycles. The summed E-state index contributed by atoms with van der Waals surface area (Å²) in [6.07, 6.45) is 2.81. The average molecular weight is 478 g/mol. The van der Waals surface area contributed by atoms with Gasteiger partial charge in [0.05, 0.1) is 13.2 Å². The minimum atomic E-state index is -0.601. The Bertz CT molecular complexity index is 1230. The highest BCUT2D eigenvalue weighted by Gasteiger charge is 2.24. The van der Waals surface area contributed by atoms with Crippen LogP contribution in [0.15, 0.2) is 72.2 Å². The molecule has 0 spiro atoms. The Balaban J connectivity index is 1.67. The van der Waals surface area contributed by atoms with Gasteiger partial charge in [-0.15, -0.1) is 0 Å². The number of rotatable bonds is 8. The van der Waals surface area contributed by atoms with Gasteiger partial charge in [-0.2, -0.15) is 4.98 Å². The van der Waals surface area contributed by atoms with Crippen molar-refractivity contribution >= 4 is 35.3 Å². The van der Waals surface area contributed by atoms with Crippen molar-refractivity contribution < 1.29 is 24.4 Å². The number of hydrogen-bond donors (Lipinski definition) is 5. The number of pyridine rings is 1. The van der Waals surface area contributed by atoms with E-state index in [1.807, 2.05) is 6.07 Å². The Morgan fingerprint density at radius 3 is 2.31 bits per heavy atom. The van der Waals surface area contributed by atoms with Crippen LogP contribution in [0, 0.1) is 0 Å². The lowest BCUT2D eigenvalue weighted by Crippen LogP contribution is -2.77. The number of carbonyl (C=O) groups excluding carboxylic acids is 3. The molecule has 2 aromatic heterocycles. The number of anilines is 3. The number of nitrogens with zero attached hydrogens (tertiary/aromatic N) is 3. The van der Waals surface area contributed by atoms with Crippen molar-refractivity contribution in [2.75, 3.05) is 30.0 Å². The summed E-state index contributed by atoms with van der Waals surface area (Å²) in [4.78, 5) is 49.2. The number of quaternary nitrogens is 1. The van der Waals surface area contributed by atoms with Crippen LogP contribution in [0.5, 0.6) is 11.6 Å². The van der Waals surface area contributed by atoms with Gasteiger partial charge in [0.2, 0.25) is 11.8 Å². The molecule has 0 aliphatic carbocycles. The number of benzene rings is 1. The molecule has 4 amide bonds. The second-order valence-corrected chi connectivity index (χ2v) is 7.02. The SMILES string of the molecule is CNC(=O)Nc1nccc(Oc2ccc(NC(=O)C(C(=O)Nc3ccccc3)=C(C)[NH2+]C)nc2)n1. The molecule has 0 unspecified atom stereocenters. The molecule has 180 valence electrons. The Labute approximate surface area is 201 Å². The van der Waals surface area contributed by atoms with E-state index in [0.29, 0.717) is 17.1 Å². The van der Waals surface area contributed by atoms with E-state index in [4.69, 9.17) is 4.74 Å². The number of allylic oxidation sites excluding steroid dienone is 1. The highest BCUT2D eigenvalue weighted by atomic mass is 16.5. The smallest absolute Gasteiger partial charge is 0.321 e. The van der Waals surface area contributed by atoms with Gasteiger partial charge >= 0.3 is 6.03 Å². The van der Waals surface area contributed by atoms with Gasteiger partial charge in [0.25, 0.3) is 11.8 Å². The number of ether oxygens (including phenoxy) is 1. The third-order valence-electron chi connectivity index (χ3n) is 4.60. The zero-order chi connectivity index (χ0) is 25.2. The molecule has 12 nitrogen and oxygen atoms in total. The third kappa shape index (κ3) is 7.07. The van der Waals surface area contributed by atoms with Gasteiger partial charge in [-0.1, -0.05) is 18.2 Å². The number of aromatic nitrogens is 3. The summed E-state index contributed by atoms with van der Waals surface area (Å²) in [6, 6.07) is 13.0. The Morgan fingerprint density at radius 2 is 1.66 bits per heavy atom. The summed E-state index contributed by atoms with van der Waals surface area (Å²) in [5, 5.41) is 11.9.